The third kappa shape index (κ3) is 2.56. The van der Waals surface area contributed by atoms with Crippen LogP contribution in [0.25, 0.3) is 11.0 Å². The maximum Gasteiger partial charge on any atom is 0.184 e. The van der Waals surface area contributed by atoms with Gasteiger partial charge >= 0.3 is 0 Å². The fourth-order valence-electron chi connectivity index (χ4n) is 2.36. The van der Waals surface area contributed by atoms with Gasteiger partial charge in [-0.05, 0) is 36.1 Å². The molecule has 21 heavy (non-hydrogen) atoms. The number of benzene rings is 1. The smallest absolute Gasteiger partial charge is 0.184 e. The summed E-state index contributed by atoms with van der Waals surface area (Å²) in [6, 6.07) is 4.62. The summed E-state index contributed by atoms with van der Waals surface area (Å²) < 4.78 is 29.4. The molecule has 0 saturated carbocycles. The lowest BCUT2D eigenvalue weighted by Crippen LogP contribution is -2.07. The lowest BCUT2D eigenvalue weighted by molar-refractivity contribution is 0.512. The summed E-state index contributed by atoms with van der Waals surface area (Å²) in [7, 11) is 0. The van der Waals surface area contributed by atoms with Gasteiger partial charge in [0.2, 0.25) is 0 Å². The summed E-state index contributed by atoms with van der Waals surface area (Å²) in [5.41, 5.74) is 1.81. The topological polar surface area (TPSA) is 17.8 Å². The number of fused-ring (bicyclic) bond motifs is 1. The van der Waals surface area contributed by atoms with E-state index in [0.717, 1.165) is 16.5 Å². The maximum atomic E-state index is 14.2. The number of imidazole rings is 1. The average molecular weight is 327 g/mol. The first-order valence-electron chi connectivity index (χ1n) is 6.54. The lowest BCUT2D eigenvalue weighted by atomic mass is 10.2. The van der Waals surface area contributed by atoms with Crippen molar-refractivity contribution in [2.45, 2.75) is 19.9 Å². The molecule has 0 aliphatic heterocycles. The zero-order chi connectivity index (χ0) is 15.0. The Balaban J connectivity index is 2.19. The number of nitrogens with zero attached hydrogens (tertiary/aromatic N) is 2. The Morgan fingerprint density at radius 3 is 2.76 bits per heavy atom. The van der Waals surface area contributed by atoms with Crippen LogP contribution in [0.2, 0.25) is 0 Å². The molecule has 110 valence electrons. The highest BCUT2D eigenvalue weighted by Crippen LogP contribution is 2.26. The summed E-state index contributed by atoms with van der Waals surface area (Å²) in [6.45, 7) is 2.48. The molecule has 0 unspecified atom stereocenters. The van der Waals surface area contributed by atoms with Gasteiger partial charge in [-0.25, -0.2) is 13.8 Å². The van der Waals surface area contributed by atoms with Crippen LogP contribution in [0.15, 0.2) is 23.6 Å². The highest BCUT2D eigenvalue weighted by Gasteiger charge is 2.18. The molecule has 2 nitrogen and oxygen atoms in total. The first kappa shape index (κ1) is 14.5. The van der Waals surface area contributed by atoms with E-state index in [9.17, 15) is 8.78 Å². The van der Waals surface area contributed by atoms with Crippen molar-refractivity contribution in [2.24, 2.45) is 0 Å². The molecule has 3 aromatic rings. The summed E-state index contributed by atoms with van der Waals surface area (Å²) in [5.74, 6) is -0.645. The Kier molecular flexibility index (Phi) is 3.95. The van der Waals surface area contributed by atoms with E-state index >= 15 is 0 Å². The lowest BCUT2D eigenvalue weighted by Gasteiger charge is -2.09. The molecular formula is C15H13ClF2N2S. The highest BCUT2D eigenvalue weighted by molar-refractivity contribution is 7.10. The minimum atomic E-state index is -0.857. The van der Waals surface area contributed by atoms with Crippen molar-refractivity contribution in [1.82, 2.24) is 9.55 Å². The van der Waals surface area contributed by atoms with E-state index in [2.05, 4.69) is 4.98 Å². The summed E-state index contributed by atoms with van der Waals surface area (Å²) in [6.07, 6.45) is 0.516. The molecule has 0 bridgehead atoms. The van der Waals surface area contributed by atoms with Gasteiger partial charge in [-0.1, -0.05) is 0 Å². The van der Waals surface area contributed by atoms with Crippen LogP contribution in [0, 0.1) is 18.6 Å². The zero-order valence-corrected chi connectivity index (χ0v) is 12.9. The van der Waals surface area contributed by atoms with E-state index in [-0.39, 0.29) is 5.52 Å². The van der Waals surface area contributed by atoms with Gasteiger partial charge in [0.15, 0.2) is 11.6 Å². The van der Waals surface area contributed by atoms with Crippen LogP contribution >= 0.6 is 22.9 Å². The highest BCUT2D eigenvalue weighted by atomic mass is 35.5. The Labute approximate surface area is 130 Å². The molecule has 2 heterocycles. The Hall–Kier alpha value is -1.46. The molecule has 3 rings (SSSR count). The van der Waals surface area contributed by atoms with Gasteiger partial charge in [-0.15, -0.1) is 22.9 Å². The molecule has 0 aliphatic carbocycles. The van der Waals surface area contributed by atoms with Crippen molar-refractivity contribution in [3.63, 3.8) is 0 Å². The third-order valence-electron chi connectivity index (χ3n) is 3.47. The maximum absolute atomic E-state index is 14.2. The van der Waals surface area contributed by atoms with Gasteiger partial charge in [0, 0.05) is 17.2 Å². The van der Waals surface area contributed by atoms with Crippen molar-refractivity contribution >= 4 is 34.0 Å². The molecular weight excluding hydrogens is 314 g/mol. The van der Waals surface area contributed by atoms with Crippen molar-refractivity contribution in [2.75, 3.05) is 5.88 Å². The molecule has 0 saturated heterocycles. The van der Waals surface area contributed by atoms with Crippen molar-refractivity contribution in [3.05, 3.63) is 51.5 Å². The predicted molar refractivity (Wildman–Crippen MR) is 82.2 cm³/mol. The van der Waals surface area contributed by atoms with Gasteiger partial charge in [-0.2, -0.15) is 0 Å². The van der Waals surface area contributed by atoms with E-state index in [1.54, 1.807) is 15.9 Å². The number of rotatable bonds is 4. The SMILES string of the molecule is Cc1ccsc1Cn1c(CCCl)nc2ccc(F)c(F)c21. The molecule has 0 spiro atoms. The molecule has 2 aromatic heterocycles. The fraction of sp³-hybridized carbons (Fsp3) is 0.267. The number of hydrogen-bond acceptors (Lipinski definition) is 2. The number of halogens is 3. The predicted octanol–water partition coefficient (Wildman–Crippen LogP) is 4.51. The van der Waals surface area contributed by atoms with Gasteiger partial charge in [-0.3, -0.25) is 0 Å². The molecule has 6 heteroatoms. The van der Waals surface area contributed by atoms with E-state index < -0.39 is 11.6 Å². The monoisotopic (exact) mass is 326 g/mol. The molecule has 0 fully saturated rings. The minimum Gasteiger partial charge on any atom is -0.320 e. The van der Waals surface area contributed by atoms with E-state index in [1.165, 1.54) is 6.07 Å². The first-order valence-corrected chi connectivity index (χ1v) is 7.95. The second-order valence-corrected chi connectivity index (χ2v) is 6.19. The van der Waals surface area contributed by atoms with Crippen LogP contribution in [0.3, 0.4) is 0 Å². The molecule has 0 atom stereocenters. The quantitative estimate of drug-likeness (QED) is 0.645. The number of hydrogen-bond donors (Lipinski definition) is 0. The molecule has 0 radical (unpaired) electrons. The van der Waals surface area contributed by atoms with Crippen molar-refractivity contribution in [1.29, 1.82) is 0 Å². The summed E-state index contributed by atoms with van der Waals surface area (Å²) in [4.78, 5) is 5.50. The molecule has 1 aromatic carbocycles. The first-order chi connectivity index (χ1) is 10.1. The van der Waals surface area contributed by atoms with Crippen LogP contribution in [0.4, 0.5) is 8.78 Å². The molecule has 0 N–H and O–H groups in total. The van der Waals surface area contributed by atoms with Crippen molar-refractivity contribution < 1.29 is 8.78 Å². The number of aromatic nitrogens is 2. The average Bonchev–Trinajstić information content (AvgIpc) is 3.01. The van der Waals surface area contributed by atoms with E-state index in [1.807, 2.05) is 18.4 Å². The Bertz CT molecular complexity index is 794. The Morgan fingerprint density at radius 1 is 1.29 bits per heavy atom. The van der Waals surface area contributed by atoms with Gasteiger partial charge in [0.1, 0.15) is 11.3 Å². The second-order valence-electron chi connectivity index (χ2n) is 4.81. The molecule has 0 aliphatic rings. The zero-order valence-electron chi connectivity index (χ0n) is 11.4. The fourth-order valence-corrected chi connectivity index (χ4v) is 3.42. The summed E-state index contributed by atoms with van der Waals surface area (Å²) >= 11 is 7.40. The van der Waals surface area contributed by atoms with Crippen LogP contribution in [-0.4, -0.2) is 15.4 Å². The summed E-state index contributed by atoms with van der Waals surface area (Å²) in [5, 5.41) is 1.99. The minimum absolute atomic E-state index is 0.211. The van der Waals surface area contributed by atoms with E-state index in [0.29, 0.717) is 30.2 Å². The van der Waals surface area contributed by atoms with E-state index in [4.69, 9.17) is 11.6 Å². The van der Waals surface area contributed by atoms with Crippen LogP contribution in [0.5, 0.6) is 0 Å². The molecule has 0 amide bonds. The largest absolute Gasteiger partial charge is 0.320 e. The van der Waals surface area contributed by atoms with Gasteiger partial charge in [0.05, 0.1) is 12.1 Å². The number of thiophene rings is 1. The number of aryl methyl sites for hydroxylation is 2. The normalized spacial score (nSPS) is 11.4. The van der Waals surface area contributed by atoms with Crippen LogP contribution < -0.4 is 0 Å². The second kappa shape index (κ2) is 5.73. The third-order valence-corrected chi connectivity index (χ3v) is 4.66. The van der Waals surface area contributed by atoms with Crippen LogP contribution in [0.1, 0.15) is 16.3 Å². The van der Waals surface area contributed by atoms with Gasteiger partial charge < -0.3 is 4.57 Å². The van der Waals surface area contributed by atoms with Crippen molar-refractivity contribution in [3.8, 4) is 0 Å². The van der Waals surface area contributed by atoms with Crippen LogP contribution in [-0.2, 0) is 13.0 Å². The Morgan fingerprint density at radius 2 is 2.10 bits per heavy atom. The number of alkyl halides is 1. The van der Waals surface area contributed by atoms with Gasteiger partial charge in [0.25, 0.3) is 0 Å². The standard InChI is InChI=1S/C15H13ClF2N2S/c1-9-5-7-21-12(9)8-20-13(4-6-16)19-11-3-2-10(17)14(18)15(11)20/h2-3,5,7H,4,6,8H2,1H3.